The number of nitrogens with zero attached hydrogens (tertiary/aromatic N) is 2. The van der Waals surface area contributed by atoms with E-state index in [0.717, 1.165) is 0 Å². The average molecular weight is 219 g/mol. The molecule has 0 aliphatic heterocycles. The monoisotopic (exact) mass is 219 g/mol. The number of hydrogen-bond donors (Lipinski definition) is 2. The van der Waals surface area contributed by atoms with Crippen molar-refractivity contribution in [2.24, 2.45) is 5.92 Å². The molecule has 1 atom stereocenters. The molecule has 0 aliphatic carbocycles. The molecular formula is C11H13N3O2. The van der Waals surface area contributed by atoms with Gasteiger partial charge in [0.05, 0.1) is 0 Å². The second-order valence-corrected chi connectivity index (χ2v) is 3.75. The highest BCUT2D eigenvalue weighted by Crippen LogP contribution is 2.13. The Morgan fingerprint density at radius 1 is 1.62 bits per heavy atom. The van der Waals surface area contributed by atoms with E-state index >= 15 is 0 Å². The Balaban J connectivity index is 2.86. The standard InChI is InChI=1S/C11H13N3O2/c1-7(2)10(11(15)16)14-8-3-4-13-9(5-8)6-12/h3-5,7,10H,1-2H3,(H,13,14)(H,15,16)/t10-/m1/s1. The van der Waals surface area contributed by atoms with Crippen LogP contribution in [0.25, 0.3) is 0 Å². The van der Waals surface area contributed by atoms with Crippen molar-refractivity contribution in [3.8, 4) is 6.07 Å². The molecule has 5 heteroatoms. The van der Waals surface area contributed by atoms with Crippen LogP contribution in [0.3, 0.4) is 0 Å². The van der Waals surface area contributed by atoms with Crippen LogP contribution in [0, 0.1) is 17.2 Å². The summed E-state index contributed by atoms with van der Waals surface area (Å²) in [5, 5.41) is 20.5. The molecule has 0 aromatic carbocycles. The first-order valence-corrected chi connectivity index (χ1v) is 4.90. The third kappa shape index (κ3) is 2.95. The number of aliphatic carboxylic acids is 1. The molecule has 0 amide bonds. The van der Waals surface area contributed by atoms with Crippen LogP contribution in [-0.4, -0.2) is 22.1 Å². The predicted octanol–water partition coefficient (Wildman–Crippen LogP) is 1.47. The highest BCUT2D eigenvalue weighted by Gasteiger charge is 2.20. The van der Waals surface area contributed by atoms with Crippen molar-refractivity contribution in [1.82, 2.24) is 4.98 Å². The van der Waals surface area contributed by atoms with Gasteiger partial charge in [-0.05, 0) is 18.1 Å². The van der Waals surface area contributed by atoms with Crippen LogP contribution in [0.15, 0.2) is 18.3 Å². The van der Waals surface area contributed by atoms with E-state index in [4.69, 9.17) is 10.4 Å². The van der Waals surface area contributed by atoms with Gasteiger partial charge in [0.2, 0.25) is 0 Å². The summed E-state index contributed by atoms with van der Waals surface area (Å²) in [7, 11) is 0. The summed E-state index contributed by atoms with van der Waals surface area (Å²) in [5.74, 6) is -0.957. The molecule has 0 bridgehead atoms. The fourth-order valence-electron chi connectivity index (χ4n) is 1.27. The summed E-state index contributed by atoms with van der Waals surface area (Å²) in [6.45, 7) is 3.64. The summed E-state index contributed by atoms with van der Waals surface area (Å²) in [6.07, 6.45) is 1.47. The summed E-state index contributed by atoms with van der Waals surface area (Å²) >= 11 is 0. The molecular weight excluding hydrogens is 206 g/mol. The third-order valence-corrected chi connectivity index (χ3v) is 2.13. The van der Waals surface area contributed by atoms with Gasteiger partial charge in [-0.1, -0.05) is 13.8 Å². The van der Waals surface area contributed by atoms with Crippen LogP contribution < -0.4 is 5.32 Å². The number of carboxylic acid groups (broad SMARTS) is 1. The molecule has 1 aromatic rings. The smallest absolute Gasteiger partial charge is 0.326 e. The number of rotatable bonds is 4. The minimum atomic E-state index is -0.912. The summed E-state index contributed by atoms with van der Waals surface area (Å²) < 4.78 is 0. The predicted molar refractivity (Wildman–Crippen MR) is 58.8 cm³/mol. The zero-order valence-electron chi connectivity index (χ0n) is 9.14. The van der Waals surface area contributed by atoms with Crippen LogP contribution >= 0.6 is 0 Å². The van der Waals surface area contributed by atoms with Gasteiger partial charge >= 0.3 is 5.97 Å². The molecule has 16 heavy (non-hydrogen) atoms. The first-order valence-electron chi connectivity index (χ1n) is 4.90. The van der Waals surface area contributed by atoms with Crippen LogP contribution in [0.1, 0.15) is 19.5 Å². The molecule has 84 valence electrons. The average Bonchev–Trinajstić information content (AvgIpc) is 2.25. The lowest BCUT2D eigenvalue weighted by Crippen LogP contribution is -2.34. The van der Waals surface area contributed by atoms with Crippen molar-refractivity contribution in [2.75, 3.05) is 5.32 Å². The molecule has 0 unspecified atom stereocenters. The van der Waals surface area contributed by atoms with E-state index in [1.807, 2.05) is 19.9 Å². The highest BCUT2D eigenvalue weighted by atomic mass is 16.4. The molecule has 1 rings (SSSR count). The van der Waals surface area contributed by atoms with Crippen molar-refractivity contribution < 1.29 is 9.90 Å². The maximum atomic E-state index is 11.0. The Kier molecular flexibility index (Phi) is 3.84. The van der Waals surface area contributed by atoms with Gasteiger partial charge in [-0.2, -0.15) is 5.26 Å². The number of hydrogen-bond acceptors (Lipinski definition) is 4. The van der Waals surface area contributed by atoms with E-state index in [1.165, 1.54) is 12.3 Å². The van der Waals surface area contributed by atoms with E-state index in [2.05, 4.69) is 10.3 Å². The maximum absolute atomic E-state index is 11.0. The van der Waals surface area contributed by atoms with Crippen LogP contribution in [0.5, 0.6) is 0 Å². The first-order chi connectivity index (χ1) is 7.54. The van der Waals surface area contributed by atoms with E-state index in [1.54, 1.807) is 6.07 Å². The molecule has 0 fully saturated rings. The van der Waals surface area contributed by atoms with Gasteiger partial charge in [0, 0.05) is 11.9 Å². The molecule has 0 saturated heterocycles. The highest BCUT2D eigenvalue weighted by molar-refractivity contribution is 5.77. The van der Waals surface area contributed by atoms with Crippen LogP contribution in [-0.2, 0) is 4.79 Å². The second-order valence-electron chi connectivity index (χ2n) is 3.75. The number of anilines is 1. The first kappa shape index (κ1) is 12.0. The van der Waals surface area contributed by atoms with E-state index in [9.17, 15) is 4.79 Å². The van der Waals surface area contributed by atoms with Gasteiger partial charge in [-0.25, -0.2) is 9.78 Å². The van der Waals surface area contributed by atoms with Crippen LogP contribution in [0.4, 0.5) is 5.69 Å². The van der Waals surface area contributed by atoms with Gasteiger partial charge < -0.3 is 10.4 Å². The number of aromatic nitrogens is 1. The fraction of sp³-hybridized carbons (Fsp3) is 0.364. The quantitative estimate of drug-likeness (QED) is 0.800. The van der Waals surface area contributed by atoms with Crippen molar-refractivity contribution in [3.63, 3.8) is 0 Å². The van der Waals surface area contributed by atoms with Gasteiger partial charge in [0.25, 0.3) is 0 Å². The molecule has 0 radical (unpaired) electrons. The number of nitrogens with one attached hydrogen (secondary N) is 1. The zero-order valence-corrected chi connectivity index (χ0v) is 9.14. The Morgan fingerprint density at radius 3 is 2.81 bits per heavy atom. The minimum Gasteiger partial charge on any atom is -0.480 e. The summed E-state index contributed by atoms with van der Waals surface area (Å²) in [4.78, 5) is 14.8. The molecule has 0 aliphatic rings. The zero-order chi connectivity index (χ0) is 12.1. The van der Waals surface area contributed by atoms with Crippen molar-refractivity contribution in [1.29, 1.82) is 5.26 Å². The minimum absolute atomic E-state index is 0.0452. The number of pyridine rings is 1. The normalized spacial score (nSPS) is 11.9. The fourth-order valence-corrected chi connectivity index (χ4v) is 1.27. The lowest BCUT2D eigenvalue weighted by atomic mass is 10.0. The summed E-state index contributed by atoms with van der Waals surface area (Å²) in [5.41, 5.74) is 0.852. The Labute approximate surface area is 93.7 Å². The number of carbonyl (C=O) groups is 1. The second kappa shape index (κ2) is 5.12. The lowest BCUT2D eigenvalue weighted by Gasteiger charge is -2.18. The van der Waals surface area contributed by atoms with E-state index < -0.39 is 12.0 Å². The molecule has 0 spiro atoms. The molecule has 1 heterocycles. The van der Waals surface area contributed by atoms with Crippen molar-refractivity contribution in [3.05, 3.63) is 24.0 Å². The number of nitriles is 1. The molecule has 0 saturated carbocycles. The molecule has 5 nitrogen and oxygen atoms in total. The SMILES string of the molecule is CC(C)[C@@H](Nc1ccnc(C#N)c1)C(=O)O. The summed E-state index contributed by atoms with van der Waals surface area (Å²) in [6, 6.07) is 4.39. The Hall–Kier alpha value is -2.09. The molecule has 2 N–H and O–H groups in total. The third-order valence-electron chi connectivity index (χ3n) is 2.13. The van der Waals surface area contributed by atoms with Crippen LogP contribution in [0.2, 0.25) is 0 Å². The topological polar surface area (TPSA) is 86.0 Å². The van der Waals surface area contributed by atoms with Gasteiger partial charge in [-0.3, -0.25) is 0 Å². The lowest BCUT2D eigenvalue weighted by molar-refractivity contribution is -0.138. The Morgan fingerprint density at radius 2 is 2.31 bits per heavy atom. The largest absolute Gasteiger partial charge is 0.480 e. The molecule has 1 aromatic heterocycles. The van der Waals surface area contributed by atoms with Crippen molar-refractivity contribution in [2.45, 2.75) is 19.9 Å². The van der Waals surface area contributed by atoms with Crippen molar-refractivity contribution >= 4 is 11.7 Å². The van der Waals surface area contributed by atoms with Gasteiger partial charge in [-0.15, -0.1) is 0 Å². The van der Waals surface area contributed by atoms with E-state index in [-0.39, 0.29) is 11.6 Å². The number of carboxylic acids is 1. The Bertz CT molecular complexity index is 423. The van der Waals surface area contributed by atoms with Gasteiger partial charge in [0.1, 0.15) is 17.8 Å². The van der Waals surface area contributed by atoms with E-state index in [0.29, 0.717) is 5.69 Å². The maximum Gasteiger partial charge on any atom is 0.326 e. The van der Waals surface area contributed by atoms with Gasteiger partial charge in [0.15, 0.2) is 0 Å².